The van der Waals surface area contributed by atoms with E-state index in [0.29, 0.717) is 92.5 Å². The fourth-order valence-electron chi connectivity index (χ4n) is 3.38. The zero-order valence-corrected chi connectivity index (χ0v) is 23.7. The maximum atomic E-state index is 5.63. The van der Waals surface area contributed by atoms with Crippen molar-refractivity contribution >= 4 is 0 Å². The van der Waals surface area contributed by atoms with Crippen LogP contribution < -0.4 is 0 Å². The maximum Gasteiger partial charge on any atom is 0.0701 e. The van der Waals surface area contributed by atoms with Gasteiger partial charge in [0.15, 0.2) is 0 Å². The monoisotopic (exact) mass is 522 g/mol. The topological polar surface area (TPSA) is 73.8 Å². The van der Waals surface area contributed by atoms with Gasteiger partial charge in [-0.15, -0.1) is 0 Å². The molecule has 0 spiro atoms. The van der Waals surface area contributed by atoms with E-state index in [0.717, 1.165) is 19.6 Å². The highest BCUT2D eigenvalue weighted by Gasteiger charge is 1.96. The second-order valence-corrected chi connectivity index (χ2v) is 8.67. The first-order valence-electron chi connectivity index (χ1n) is 14.5. The highest BCUT2D eigenvalue weighted by Crippen LogP contribution is 2.10. The molecule has 0 rings (SSSR count). The lowest BCUT2D eigenvalue weighted by Crippen LogP contribution is -2.15. The van der Waals surface area contributed by atoms with Gasteiger partial charge < -0.3 is 37.9 Å². The van der Waals surface area contributed by atoms with Crippen LogP contribution in [-0.2, 0) is 37.9 Å². The molecule has 0 aliphatic heterocycles. The van der Waals surface area contributed by atoms with Crippen molar-refractivity contribution in [3.8, 4) is 0 Å². The Balaban J connectivity index is 3.00. The third-order valence-corrected chi connectivity index (χ3v) is 5.45. The van der Waals surface area contributed by atoms with Crippen LogP contribution in [0.25, 0.3) is 0 Å². The summed E-state index contributed by atoms with van der Waals surface area (Å²) in [5.41, 5.74) is 0. The van der Waals surface area contributed by atoms with Crippen LogP contribution >= 0.6 is 0 Å². The van der Waals surface area contributed by atoms with Crippen molar-refractivity contribution in [2.45, 2.75) is 78.1 Å². The Morgan fingerprint density at radius 3 is 0.806 bits per heavy atom. The minimum absolute atomic E-state index is 0.552. The van der Waals surface area contributed by atoms with Crippen molar-refractivity contribution in [1.29, 1.82) is 0 Å². The molecule has 0 aromatic heterocycles. The molecule has 36 heavy (non-hydrogen) atoms. The molecule has 0 unspecified atom stereocenters. The lowest BCUT2D eigenvalue weighted by Gasteiger charge is -2.08. The minimum atomic E-state index is 0.552. The number of rotatable bonds is 33. The van der Waals surface area contributed by atoms with Gasteiger partial charge in [0, 0.05) is 13.2 Å². The Morgan fingerprint density at radius 1 is 0.250 bits per heavy atom. The summed E-state index contributed by atoms with van der Waals surface area (Å²) >= 11 is 0. The van der Waals surface area contributed by atoms with E-state index in [1.165, 1.54) is 57.8 Å². The van der Waals surface area contributed by atoms with Gasteiger partial charge >= 0.3 is 0 Å². The zero-order valence-electron chi connectivity index (χ0n) is 23.7. The molecule has 8 heteroatoms. The molecule has 0 aromatic carbocycles. The predicted molar refractivity (Wildman–Crippen MR) is 144 cm³/mol. The van der Waals surface area contributed by atoms with Gasteiger partial charge in [0.1, 0.15) is 0 Å². The van der Waals surface area contributed by atoms with E-state index >= 15 is 0 Å². The van der Waals surface area contributed by atoms with Crippen LogP contribution in [-0.4, -0.2) is 106 Å². The van der Waals surface area contributed by atoms with Crippen LogP contribution in [0.2, 0.25) is 0 Å². The first-order chi connectivity index (χ1) is 17.9. The van der Waals surface area contributed by atoms with E-state index in [1.54, 1.807) is 0 Å². The van der Waals surface area contributed by atoms with E-state index in [4.69, 9.17) is 37.9 Å². The highest BCUT2D eigenvalue weighted by molar-refractivity contribution is 4.47. The standard InChI is InChI=1S/C28H58O8/c1-3-5-6-7-8-9-10-11-12-13-14-30-17-18-32-21-22-34-25-26-36-28-27-35-24-23-33-20-19-31-16-15-29-4-2/h3-28H2,1-2H3. The molecule has 0 bridgehead atoms. The summed E-state index contributed by atoms with van der Waals surface area (Å²) in [6, 6.07) is 0. The average Bonchev–Trinajstić information content (AvgIpc) is 2.89. The molecular formula is C28H58O8. The quantitative estimate of drug-likeness (QED) is 0.111. The van der Waals surface area contributed by atoms with Gasteiger partial charge in [-0.25, -0.2) is 0 Å². The van der Waals surface area contributed by atoms with Crippen molar-refractivity contribution < 1.29 is 37.9 Å². The molecule has 0 aromatic rings. The fourth-order valence-corrected chi connectivity index (χ4v) is 3.38. The third kappa shape index (κ3) is 33.7. The molecule has 218 valence electrons. The Hall–Kier alpha value is -0.320. The van der Waals surface area contributed by atoms with Crippen molar-refractivity contribution in [1.82, 2.24) is 0 Å². The summed E-state index contributed by atoms with van der Waals surface area (Å²) < 4.78 is 43.5. The van der Waals surface area contributed by atoms with Gasteiger partial charge in [-0.3, -0.25) is 0 Å². The zero-order chi connectivity index (χ0) is 26.0. The van der Waals surface area contributed by atoms with Crippen LogP contribution in [0, 0.1) is 0 Å². The molecule has 0 amide bonds. The Morgan fingerprint density at radius 2 is 0.500 bits per heavy atom. The molecule has 0 heterocycles. The molecule has 0 fully saturated rings. The highest BCUT2D eigenvalue weighted by atomic mass is 16.6. The first-order valence-corrected chi connectivity index (χ1v) is 14.5. The van der Waals surface area contributed by atoms with Crippen LogP contribution in [0.3, 0.4) is 0 Å². The molecule has 0 atom stereocenters. The Labute approximate surface area is 222 Å². The van der Waals surface area contributed by atoms with Crippen LogP contribution in [0.1, 0.15) is 78.1 Å². The van der Waals surface area contributed by atoms with Crippen molar-refractivity contribution in [2.75, 3.05) is 106 Å². The van der Waals surface area contributed by atoms with E-state index in [1.807, 2.05) is 6.92 Å². The molecule has 0 saturated carbocycles. The Bertz CT molecular complexity index is 339. The van der Waals surface area contributed by atoms with Gasteiger partial charge in [-0.1, -0.05) is 64.7 Å². The molecule has 0 aliphatic carbocycles. The summed E-state index contributed by atoms with van der Waals surface area (Å²) in [5, 5.41) is 0. The summed E-state index contributed by atoms with van der Waals surface area (Å²) in [6.07, 6.45) is 13.5. The number of unbranched alkanes of at least 4 members (excludes halogenated alkanes) is 9. The largest absolute Gasteiger partial charge is 0.379 e. The maximum absolute atomic E-state index is 5.63. The van der Waals surface area contributed by atoms with Crippen LogP contribution in [0.15, 0.2) is 0 Å². The number of hydrogen-bond acceptors (Lipinski definition) is 8. The first kappa shape index (κ1) is 35.7. The van der Waals surface area contributed by atoms with Gasteiger partial charge in [0.25, 0.3) is 0 Å². The van der Waals surface area contributed by atoms with Crippen molar-refractivity contribution in [3.63, 3.8) is 0 Å². The molecule has 0 saturated heterocycles. The van der Waals surface area contributed by atoms with E-state index < -0.39 is 0 Å². The molecule has 0 aliphatic rings. The molecule has 0 N–H and O–H groups in total. The molecule has 0 radical (unpaired) electrons. The summed E-state index contributed by atoms with van der Waals surface area (Å²) in [4.78, 5) is 0. The number of ether oxygens (including phenoxy) is 8. The minimum Gasteiger partial charge on any atom is -0.379 e. The average molecular weight is 523 g/mol. The summed E-state index contributed by atoms with van der Waals surface area (Å²) in [6.45, 7) is 14.0. The smallest absolute Gasteiger partial charge is 0.0701 e. The van der Waals surface area contributed by atoms with Crippen LogP contribution in [0.5, 0.6) is 0 Å². The second-order valence-electron chi connectivity index (χ2n) is 8.67. The number of hydrogen-bond donors (Lipinski definition) is 0. The second kappa shape index (κ2) is 34.7. The van der Waals surface area contributed by atoms with Gasteiger partial charge in [0.2, 0.25) is 0 Å². The normalized spacial score (nSPS) is 11.5. The van der Waals surface area contributed by atoms with E-state index in [2.05, 4.69) is 6.92 Å². The van der Waals surface area contributed by atoms with Gasteiger partial charge in [-0.05, 0) is 13.3 Å². The summed E-state index contributed by atoms with van der Waals surface area (Å²) in [5.74, 6) is 0. The lowest BCUT2D eigenvalue weighted by atomic mass is 10.1. The Kier molecular flexibility index (Phi) is 34.4. The van der Waals surface area contributed by atoms with Gasteiger partial charge in [-0.2, -0.15) is 0 Å². The van der Waals surface area contributed by atoms with E-state index in [9.17, 15) is 0 Å². The fraction of sp³-hybridized carbons (Fsp3) is 1.00. The van der Waals surface area contributed by atoms with Crippen molar-refractivity contribution in [2.24, 2.45) is 0 Å². The van der Waals surface area contributed by atoms with E-state index in [-0.39, 0.29) is 0 Å². The molecular weight excluding hydrogens is 464 g/mol. The molecule has 8 nitrogen and oxygen atoms in total. The predicted octanol–water partition coefficient (Wildman–Crippen LogP) is 5.06. The summed E-state index contributed by atoms with van der Waals surface area (Å²) in [7, 11) is 0. The SMILES string of the molecule is CCCCCCCCCCCCOCCOCCOCCOCCOCCOCCOCCOCC. The van der Waals surface area contributed by atoms with Crippen LogP contribution in [0.4, 0.5) is 0 Å². The van der Waals surface area contributed by atoms with Gasteiger partial charge in [0.05, 0.1) is 92.5 Å². The van der Waals surface area contributed by atoms with Crippen molar-refractivity contribution in [3.05, 3.63) is 0 Å². The lowest BCUT2D eigenvalue weighted by molar-refractivity contribution is -0.0229. The third-order valence-electron chi connectivity index (χ3n) is 5.45.